The van der Waals surface area contributed by atoms with Gasteiger partial charge in [0.2, 0.25) is 0 Å². The molecule has 1 aliphatic carbocycles. The van der Waals surface area contributed by atoms with Gasteiger partial charge in [0.1, 0.15) is 34.6 Å². The summed E-state index contributed by atoms with van der Waals surface area (Å²) in [5, 5.41) is 0. The molecule has 1 saturated carbocycles. The van der Waals surface area contributed by atoms with Crippen LogP contribution in [0, 0.1) is 46.6 Å². The molecule has 1 nitrogen and oxygen atoms in total. The third kappa shape index (κ3) is 8.18. The molecule has 4 aromatic rings. The minimum absolute atomic E-state index is 0.0260. The van der Waals surface area contributed by atoms with Crippen LogP contribution in [0.4, 0.5) is 39.5 Å². The van der Waals surface area contributed by atoms with Crippen LogP contribution < -0.4 is 4.74 Å². The highest BCUT2D eigenvalue weighted by Crippen LogP contribution is 2.40. The topological polar surface area (TPSA) is 9.23 Å². The van der Waals surface area contributed by atoms with Gasteiger partial charge in [-0.3, -0.25) is 0 Å². The Hall–Kier alpha value is -3.95. The number of hydrogen-bond donors (Lipinski definition) is 0. The van der Waals surface area contributed by atoms with Gasteiger partial charge >= 0.3 is 6.11 Å². The lowest BCUT2D eigenvalue weighted by atomic mass is 9.77. The van der Waals surface area contributed by atoms with Crippen molar-refractivity contribution in [1.29, 1.82) is 0 Å². The lowest BCUT2D eigenvalue weighted by Gasteiger charge is -2.29. The molecule has 4 aromatic carbocycles. The number of aryl methyl sites for hydroxylation is 1. The van der Waals surface area contributed by atoms with Crippen LogP contribution in [0.2, 0.25) is 0 Å². The fourth-order valence-electron chi connectivity index (χ4n) is 6.53. The normalized spacial score (nSPS) is 16.7. The highest BCUT2D eigenvalue weighted by Gasteiger charge is 2.41. The van der Waals surface area contributed by atoms with Crippen LogP contribution in [0.25, 0.3) is 11.1 Å². The van der Waals surface area contributed by atoms with E-state index in [1.165, 1.54) is 25.7 Å². The van der Waals surface area contributed by atoms with Gasteiger partial charge in [0.15, 0.2) is 17.5 Å². The molecule has 1 aliphatic rings. The van der Waals surface area contributed by atoms with Gasteiger partial charge in [-0.2, -0.15) is 8.78 Å². The molecule has 0 atom stereocenters. The first-order valence-corrected chi connectivity index (χ1v) is 16.1. The molecule has 0 saturated heterocycles. The zero-order chi connectivity index (χ0) is 34.6. The predicted octanol–water partition coefficient (Wildman–Crippen LogP) is 12.1. The van der Waals surface area contributed by atoms with Crippen molar-refractivity contribution in [3.63, 3.8) is 0 Å². The highest BCUT2D eigenvalue weighted by atomic mass is 19.3. The van der Waals surface area contributed by atoms with Crippen LogP contribution in [0.3, 0.4) is 0 Å². The molecule has 0 unspecified atom stereocenters. The third-order valence-electron chi connectivity index (χ3n) is 9.18. The number of alkyl halides is 2. The van der Waals surface area contributed by atoms with E-state index in [2.05, 4.69) is 11.7 Å². The maximum atomic E-state index is 15.1. The Balaban J connectivity index is 1.25. The zero-order valence-corrected chi connectivity index (χ0v) is 26.3. The summed E-state index contributed by atoms with van der Waals surface area (Å²) in [4.78, 5) is 0. The summed E-state index contributed by atoms with van der Waals surface area (Å²) in [6.07, 6.45) is 3.98. The van der Waals surface area contributed by atoms with Crippen molar-refractivity contribution >= 4 is 0 Å². The average Bonchev–Trinajstić information content (AvgIpc) is 3.03. The van der Waals surface area contributed by atoms with E-state index >= 15 is 17.6 Å². The Kier molecular flexibility index (Phi) is 11.1. The highest BCUT2D eigenvalue weighted by molar-refractivity contribution is 5.64. The molecule has 5 rings (SSSR count). The molecule has 0 aromatic heterocycles. The molecule has 0 N–H and O–H groups in total. The lowest BCUT2D eigenvalue weighted by Crippen LogP contribution is -2.25. The molecule has 0 heterocycles. The molecule has 1 fully saturated rings. The van der Waals surface area contributed by atoms with Crippen molar-refractivity contribution in [2.75, 3.05) is 0 Å². The summed E-state index contributed by atoms with van der Waals surface area (Å²) in [5.74, 6) is -10.5. The van der Waals surface area contributed by atoms with Crippen molar-refractivity contribution in [2.24, 2.45) is 5.92 Å². The Morgan fingerprint density at radius 3 is 1.79 bits per heavy atom. The van der Waals surface area contributed by atoms with E-state index < -0.39 is 70.1 Å². The summed E-state index contributed by atoms with van der Waals surface area (Å²) in [7, 11) is 0. The van der Waals surface area contributed by atoms with E-state index in [0.717, 1.165) is 49.3 Å². The Morgan fingerprint density at radius 1 is 0.646 bits per heavy atom. The van der Waals surface area contributed by atoms with Crippen molar-refractivity contribution in [1.82, 2.24) is 0 Å². The quantitative estimate of drug-likeness (QED) is 0.0823. The maximum absolute atomic E-state index is 15.1. The summed E-state index contributed by atoms with van der Waals surface area (Å²) >= 11 is 0. The van der Waals surface area contributed by atoms with E-state index in [9.17, 15) is 22.0 Å². The third-order valence-corrected chi connectivity index (χ3v) is 9.18. The van der Waals surface area contributed by atoms with Crippen LogP contribution in [0.1, 0.15) is 86.5 Å². The number of unbranched alkanes of at least 4 members (excludes halogenated alkanes) is 2. The monoisotopic (exact) mass is 678 g/mol. The smallest absolute Gasteiger partial charge is 0.429 e. The standard InChI is InChI=1S/C38H35F9O/c1-2-3-4-5-22-6-9-24(10-7-22)25-11-13-26(14-12-25)27-18-32(41)36(33(42)19-27)38(46,47)48-28-20-30(39)29(31(40)21-28)15-8-23-16-34(43)37(45)35(44)17-23/h11-14,16-22,24H,2-10,15H2,1H3. The predicted molar refractivity (Wildman–Crippen MR) is 165 cm³/mol. The van der Waals surface area contributed by atoms with Crippen LogP contribution >= 0.6 is 0 Å². The zero-order valence-electron chi connectivity index (χ0n) is 26.3. The second-order valence-corrected chi connectivity index (χ2v) is 12.5. The maximum Gasteiger partial charge on any atom is 0.432 e. The Labute approximate surface area is 273 Å². The van der Waals surface area contributed by atoms with Crippen LogP contribution in [-0.4, -0.2) is 0 Å². The molecule has 10 heteroatoms. The first-order valence-electron chi connectivity index (χ1n) is 16.1. The molecular formula is C38H35F9O. The number of rotatable bonds is 12. The first-order chi connectivity index (χ1) is 22.9. The molecule has 0 radical (unpaired) electrons. The molecule has 256 valence electrons. The number of hydrogen-bond acceptors (Lipinski definition) is 1. The summed E-state index contributed by atoms with van der Waals surface area (Å²) in [6, 6.07) is 10.8. The Bertz CT molecular complexity index is 1660. The van der Waals surface area contributed by atoms with Gasteiger partial charge in [0.25, 0.3) is 0 Å². The molecular weight excluding hydrogens is 643 g/mol. The largest absolute Gasteiger partial charge is 0.432 e. The van der Waals surface area contributed by atoms with Crippen LogP contribution in [0.15, 0.2) is 60.7 Å². The fourth-order valence-corrected chi connectivity index (χ4v) is 6.53. The van der Waals surface area contributed by atoms with E-state index in [4.69, 9.17) is 0 Å². The van der Waals surface area contributed by atoms with E-state index in [1.807, 2.05) is 12.1 Å². The van der Waals surface area contributed by atoms with Gasteiger partial charge < -0.3 is 4.74 Å². The van der Waals surface area contributed by atoms with Crippen LogP contribution in [-0.2, 0) is 19.0 Å². The number of halogens is 9. The summed E-state index contributed by atoms with van der Waals surface area (Å²) < 4.78 is 134. The van der Waals surface area contributed by atoms with Gasteiger partial charge in [0.05, 0.1) is 0 Å². The molecule has 0 bridgehead atoms. The lowest BCUT2D eigenvalue weighted by molar-refractivity contribution is -0.189. The second-order valence-electron chi connectivity index (χ2n) is 12.5. The molecule has 0 spiro atoms. The van der Waals surface area contributed by atoms with Crippen molar-refractivity contribution < 1.29 is 44.3 Å². The van der Waals surface area contributed by atoms with Gasteiger partial charge in [-0.1, -0.05) is 56.9 Å². The van der Waals surface area contributed by atoms with Crippen molar-refractivity contribution in [2.45, 2.75) is 83.2 Å². The van der Waals surface area contributed by atoms with Crippen LogP contribution in [0.5, 0.6) is 5.75 Å². The second kappa shape index (κ2) is 15.1. The fraction of sp³-hybridized carbons (Fsp3) is 0.368. The van der Waals surface area contributed by atoms with E-state index in [1.54, 1.807) is 12.1 Å². The summed E-state index contributed by atoms with van der Waals surface area (Å²) in [5.41, 5.74) is -0.892. The average molecular weight is 679 g/mol. The SMILES string of the molecule is CCCCCC1CCC(c2ccc(-c3cc(F)c(C(F)(F)Oc4cc(F)c(CCc5cc(F)c(F)c(F)c5)c(F)c4)c(F)c3)cc2)CC1. The molecule has 48 heavy (non-hydrogen) atoms. The minimum Gasteiger partial charge on any atom is -0.429 e. The molecule has 0 amide bonds. The minimum atomic E-state index is -4.66. The molecule has 0 aliphatic heterocycles. The van der Waals surface area contributed by atoms with Gasteiger partial charge in [-0.05, 0) is 96.9 Å². The van der Waals surface area contributed by atoms with Crippen molar-refractivity contribution in [3.8, 4) is 16.9 Å². The van der Waals surface area contributed by atoms with Gasteiger partial charge in [-0.25, -0.2) is 30.7 Å². The van der Waals surface area contributed by atoms with E-state index in [-0.39, 0.29) is 17.5 Å². The Morgan fingerprint density at radius 2 is 1.23 bits per heavy atom. The number of benzene rings is 4. The van der Waals surface area contributed by atoms with Gasteiger partial charge in [-0.15, -0.1) is 0 Å². The van der Waals surface area contributed by atoms with Gasteiger partial charge in [0, 0.05) is 17.7 Å². The van der Waals surface area contributed by atoms with E-state index in [0.29, 0.717) is 35.7 Å². The van der Waals surface area contributed by atoms with Crippen molar-refractivity contribution in [3.05, 3.63) is 124 Å². The first kappa shape index (κ1) is 35.4. The summed E-state index contributed by atoms with van der Waals surface area (Å²) in [6.45, 7) is 2.19. The number of ether oxygens (including phenoxy) is 1.